The first kappa shape index (κ1) is 17.3. The van der Waals surface area contributed by atoms with Crippen LogP contribution >= 0.6 is 11.8 Å². The van der Waals surface area contributed by atoms with Crippen molar-refractivity contribution in [3.05, 3.63) is 47.3 Å². The van der Waals surface area contributed by atoms with Gasteiger partial charge < -0.3 is 15.5 Å². The molecule has 1 aliphatic heterocycles. The number of benzene rings is 1. The largest absolute Gasteiger partial charge is 0.348 e. The molecule has 0 spiro atoms. The summed E-state index contributed by atoms with van der Waals surface area (Å²) in [6.07, 6.45) is 2.70. The van der Waals surface area contributed by atoms with Gasteiger partial charge in [-0.15, -0.1) is 0 Å². The summed E-state index contributed by atoms with van der Waals surface area (Å²) in [6, 6.07) is 12.1. The molecule has 0 aliphatic carbocycles. The molecule has 2 N–H and O–H groups in total. The quantitative estimate of drug-likeness (QED) is 0.611. The van der Waals surface area contributed by atoms with E-state index in [1.54, 1.807) is 24.0 Å². The minimum Gasteiger partial charge on any atom is -0.348 e. The van der Waals surface area contributed by atoms with E-state index < -0.39 is 0 Å². The van der Waals surface area contributed by atoms with Gasteiger partial charge in [0.05, 0.1) is 16.4 Å². The molecule has 6 nitrogen and oxygen atoms in total. The maximum absolute atomic E-state index is 9.68. The van der Waals surface area contributed by atoms with Crippen molar-refractivity contribution in [1.82, 2.24) is 15.3 Å². The summed E-state index contributed by atoms with van der Waals surface area (Å²) in [5.74, 6) is 0.627. The van der Waals surface area contributed by atoms with E-state index >= 15 is 0 Å². The molecule has 3 rings (SSSR count). The fourth-order valence-electron chi connectivity index (χ4n) is 2.52. The Labute approximate surface area is 152 Å². The third-order valence-electron chi connectivity index (χ3n) is 3.85. The van der Waals surface area contributed by atoms with Gasteiger partial charge in [0.2, 0.25) is 5.95 Å². The van der Waals surface area contributed by atoms with Crippen molar-refractivity contribution in [2.24, 2.45) is 0 Å². The molecule has 0 amide bonds. The van der Waals surface area contributed by atoms with Crippen molar-refractivity contribution in [2.75, 3.05) is 37.4 Å². The molecule has 1 aliphatic rings. The van der Waals surface area contributed by atoms with E-state index in [-0.39, 0.29) is 0 Å². The lowest BCUT2D eigenvalue weighted by atomic mass is 10.2. The van der Waals surface area contributed by atoms with Gasteiger partial charge in [0.25, 0.3) is 0 Å². The molecular formula is C18H20N6S. The van der Waals surface area contributed by atoms with Crippen LogP contribution in [0.5, 0.6) is 0 Å². The molecule has 0 atom stereocenters. The molecule has 0 saturated carbocycles. The number of nitrogens with one attached hydrogen (secondary N) is 2. The molecule has 7 heteroatoms. The third-order valence-corrected chi connectivity index (χ3v) is 4.93. The molecule has 0 radical (unpaired) electrons. The number of nitrogens with zero attached hydrogens (tertiary/aromatic N) is 4. The van der Waals surface area contributed by atoms with Crippen LogP contribution in [-0.2, 0) is 0 Å². The summed E-state index contributed by atoms with van der Waals surface area (Å²) in [5.41, 5.74) is 2.19. The van der Waals surface area contributed by atoms with Crippen LogP contribution in [0.2, 0.25) is 0 Å². The number of nitriles is 1. The fourth-order valence-corrected chi connectivity index (χ4v) is 3.53. The second-order valence-corrected chi connectivity index (χ2v) is 6.71. The van der Waals surface area contributed by atoms with Gasteiger partial charge in [-0.2, -0.15) is 5.26 Å². The predicted octanol–water partition coefficient (Wildman–Crippen LogP) is 2.93. The normalized spacial score (nSPS) is 14.4. The lowest BCUT2D eigenvalue weighted by Gasteiger charge is -2.17. The molecule has 1 aromatic carbocycles. The van der Waals surface area contributed by atoms with Gasteiger partial charge in [-0.05, 0) is 38.2 Å². The maximum Gasteiger partial charge on any atom is 0.225 e. The molecular weight excluding hydrogens is 332 g/mol. The molecule has 1 aromatic heterocycles. The number of thioether (sulfide) groups is 1. The van der Waals surface area contributed by atoms with Crippen molar-refractivity contribution in [1.29, 1.82) is 5.26 Å². The highest BCUT2D eigenvalue weighted by Gasteiger charge is 2.21. The lowest BCUT2D eigenvalue weighted by Crippen LogP contribution is -2.24. The van der Waals surface area contributed by atoms with Crippen molar-refractivity contribution in [2.45, 2.75) is 11.3 Å². The minimum atomic E-state index is 0.536. The molecule has 25 heavy (non-hydrogen) atoms. The van der Waals surface area contributed by atoms with Gasteiger partial charge in [0, 0.05) is 24.7 Å². The van der Waals surface area contributed by atoms with Gasteiger partial charge >= 0.3 is 0 Å². The summed E-state index contributed by atoms with van der Waals surface area (Å²) in [4.78, 5) is 12.0. The predicted molar refractivity (Wildman–Crippen MR) is 102 cm³/mol. The van der Waals surface area contributed by atoms with E-state index in [1.807, 2.05) is 43.3 Å². The van der Waals surface area contributed by atoms with E-state index in [2.05, 4.69) is 26.7 Å². The van der Waals surface area contributed by atoms with Gasteiger partial charge in [-0.25, -0.2) is 9.97 Å². The second-order valence-electron chi connectivity index (χ2n) is 5.66. The highest BCUT2D eigenvalue weighted by molar-refractivity contribution is 8.04. The summed E-state index contributed by atoms with van der Waals surface area (Å²) < 4.78 is 0. The number of hydrogen-bond donors (Lipinski definition) is 2. The van der Waals surface area contributed by atoms with E-state index in [4.69, 9.17) is 0 Å². The Morgan fingerprint density at radius 1 is 1.36 bits per heavy atom. The van der Waals surface area contributed by atoms with Gasteiger partial charge in [0.15, 0.2) is 0 Å². The topological polar surface area (TPSA) is 76.9 Å². The zero-order valence-electron chi connectivity index (χ0n) is 14.3. The summed E-state index contributed by atoms with van der Waals surface area (Å²) in [5, 5.41) is 16.9. The number of anilines is 2. The van der Waals surface area contributed by atoms with Gasteiger partial charge in [0.1, 0.15) is 11.6 Å². The first-order valence-corrected chi connectivity index (χ1v) is 8.92. The summed E-state index contributed by atoms with van der Waals surface area (Å²) in [6.45, 7) is 1.79. The number of aromatic nitrogens is 2. The van der Waals surface area contributed by atoms with E-state index in [0.29, 0.717) is 17.2 Å². The molecule has 2 aromatic rings. The molecule has 2 heterocycles. The highest BCUT2D eigenvalue weighted by Crippen LogP contribution is 2.43. The first-order valence-electron chi connectivity index (χ1n) is 8.10. The zero-order chi connectivity index (χ0) is 17.6. The SMILES string of the molecule is CNCCCN(C)c1nccc(/C(C#N)=C2\Nc3ccccc3S2)n1. The Kier molecular flexibility index (Phi) is 5.53. The molecule has 0 fully saturated rings. The van der Waals surface area contributed by atoms with Crippen LogP contribution in [0.15, 0.2) is 46.5 Å². The van der Waals surface area contributed by atoms with Crippen molar-refractivity contribution in [3.8, 4) is 6.07 Å². The first-order chi connectivity index (χ1) is 12.2. The monoisotopic (exact) mass is 352 g/mol. The average molecular weight is 352 g/mol. The standard InChI is InChI=1S/C18H20N6S/c1-20-9-5-11-24(2)18-21-10-8-14(23-18)13(12-19)17-22-15-6-3-4-7-16(15)25-17/h3-4,6-8,10,20,22H,5,9,11H2,1-2H3/b17-13+. The highest BCUT2D eigenvalue weighted by atomic mass is 32.2. The molecule has 0 saturated heterocycles. The Balaban J connectivity index is 1.84. The Morgan fingerprint density at radius 3 is 2.96 bits per heavy atom. The van der Waals surface area contributed by atoms with Crippen LogP contribution in [-0.4, -0.2) is 37.2 Å². The van der Waals surface area contributed by atoms with Crippen LogP contribution < -0.4 is 15.5 Å². The van der Waals surface area contributed by atoms with Crippen LogP contribution in [0, 0.1) is 11.3 Å². The van der Waals surface area contributed by atoms with Crippen molar-refractivity contribution >= 4 is 29.0 Å². The van der Waals surface area contributed by atoms with Crippen LogP contribution in [0.4, 0.5) is 11.6 Å². The number of para-hydroxylation sites is 1. The molecule has 0 unspecified atom stereocenters. The van der Waals surface area contributed by atoms with Crippen LogP contribution in [0.3, 0.4) is 0 Å². The number of rotatable bonds is 6. The number of fused-ring (bicyclic) bond motifs is 1. The maximum atomic E-state index is 9.68. The van der Waals surface area contributed by atoms with Crippen molar-refractivity contribution in [3.63, 3.8) is 0 Å². The molecule has 0 bridgehead atoms. The Morgan fingerprint density at radius 2 is 2.20 bits per heavy atom. The lowest BCUT2D eigenvalue weighted by molar-refractivity contribution is 0.704. The number of hydrogen-bond acceptors (Lipinski definition) is 7. The summed E-state index contributed by atoms with van der Waals surface area (Å²) >= 11 is 1.56. The van der Waals surface area contributed by atoms with Gasteiger partial charge in [-0.1, -0.05) is 23.9 Å². The molecule has 128 valence electrons. The fraction of sp³-hybridized carbons (Fsp3) is 0.278. The van der Waals surface area contributed by atoms with E-state index in [0.717, 1.165) is 35.1 Å². The Hall–Kier alpha value is -2.56. The van der Waals surface area contributed by atoms with Crippen LogP contribution in [0.25, 0.3) is 5.57 Å². The number of allylic oxidation sites excluding steroid dienone is 1. The Bertz CT molecular complexity index is 799. The average Bonchev–Trinajstić information content (AvgIpc) is 3.06. The second kappa shape index (κ2) is 8.01. The van der Waals surface area contributed by atoms with Gasteiger partial charge in [-0.3, -0.25) is 0 Å². The van der Waals surface area contributed by atoms with Crippen LogP contribution in [0.1, 0.15) is 12.1 Å². The minimum absolute atomic E-state index is 0.536. The van der Waals surface area contributed by atoms with Crippen molar-refractivity contribution < 1.29 is 0 Å². The zero-order valence-corrected chi connectivity index (χ0v) is 15.1. The van der Waals surface area contributed by atoms with E-state index in [9.17, 15) is 5.26 Å². The van der Waals surface area contributed by atoms with E-state index in [1.165, 1.54) is 0 Å². The third kappa shape index (κ3) is 3.92. The summed E-state index contributed by atoms with van der Waals surface area (Å²) in [7, 11) is 3.90. The smallest absolute Gasteiger partial charge is 0.225 e.